The van der Waals surface area contributed by atoms with Crippen LogP contribution in [0.3, 0.4) is 0 Å². The van der Waals surface area contributed by atoms with E-state index in [1.165, 1.54) is 0 Å². The van der Waals surface area contributed by atoms with Crippen LogP contribution in [0.1, 0.15) is 64.9 Å². The molecule has 1 unspecified atom stereocenters. The number of carbonyl (C=O) groups excluding carboxylic acids is 1. The largest absolute Gasteiger partial charge is 0.481 e. The van der Waals surface area contributed by atoms with Crippen LogP contribution in [0.15, 0.2) is 30.4 Å². The number of rotatable bonds is 13. The number of fused-ring (bicyclic) bond motifs is 1. The lowest BCUT2D eigenvalue weighted by molar-refractivity contribution is -0.144. The van der Waals surface area contributed by atoms with Crippen LogP contribution < -0.4 is 9.47 Å². The van der Waals surface area contributed by atoms with Gasteiger partial charge in [0.15, 0.2) is 11.5 Å². The van der Waals surface area contributed by atoms with Crippen molar-refractivity contribution in [1.29, 1.82) is 0 Å². The van der Waals surface area contributed by atoms with Crippen molar-refractivity contribution in [3.63, 3.8) is 0 Å². The van der Waals surface area contributed by atoms with Gasteiger partial charge in [-0.25, -0.2) is 0 Å². The first kappa shape index (κ1) is 28.0. The van der Waals surface area contributed by atoms with Crippen LogP contribution in [0.4, 0.5) is 0 Å². The monoisotopic (exact) mass is 502 g/mol. The summed E-state index contributed by atoms with van der Waals surface area (Å²) in [6.07, 6.45) is 7.12. The van der Waals surface area contributed by atoms with Gasteiger partial charge in [-0.3, -0.25) is 14.5 Å². The second kappa shape index (κ2) is 12.6. The zero-order valence-electron chi connectivity index (χ0n) is 22.1. The zero-order valence-corrected chi connectivity index (χ0v) is 22.1. The molecular weight excluding hydrogens is 460 g/mol. The van der Waals surface area contributed by atoms with E-state index in [0.717, 1.165) is 18.4 Å². The Kier molecular flexibility index (Phi) is 9.79. The third-order valence-electron chi connectivity index (χ3n) is 7.27. The highest BCUT2D eigenvalue weighted by molar-refractivity contribution is 5.79. The highest BCUT2D eigenvalue weighted by atomic mass is 16.7. The summed E-state index contributed by atoms with van der Waals surface area (Å²) in [7, 11) is 0. The number of aliphatic carboxylic acids is 1. The first-order valence-corrected chi connectivity index (χ1v) is 13.1. The minimum Gasteiger partial charge on any atom is -0.481 e. The van der Waals surface area contributed by atoms with Crippen LogP contribution >= 0.6 is 0 Å². The molecule has 0 aromatic heterocycles. The number of likely N-dealkylation sites (tertiary alicyclic amines) is 1. The molecule has 1 aromatic rings. The molecule has 1 fully saturated rings. The maximum Gasteiger partial charge on any atom is 0.308 e. The van der Waals surface area contributed by atoms with Crippen molar-refractivity contribution >= 4 is 11.9 Å². The number of carboxylic acids is 1. The molecule has 8 heteroatoms. The maximum atomic E-state index is 13.4. The Hall–Kier alpha value is -2.58. The fourth-order valence-corrected chi connectivity index (χ4v) is 5.53. The number of unbranched alkanes of at least 4 members (excludes halogenated alkanes) is 1. The molecule has 2 N–H and O–H groups in total. The molecule has 1 aromatic carbocycles. The number of carboxylic acid groups (broad SMARTS) is 1. The van der Waals surface area contributed by atoms with E-state index in [1.807, 2.05) is 36.1 Å². The van der Waals surface area contributed by atoms with Gasteiger partial charge in [0.05, 0.1) is 12.5 Å². The Morgan fingerprint density at radius 3 is 2.58 bits per heavy atom. The fourth-order valence-electron chi connectivity index (χ4n) is 5.53. The summed E-state index contributed by atoms with van der Waals surface area (Å²) in [5, 5.41) is 19.7. The third-order valence-corrected chi connectivity index (χ3v) is 7.27. The van der Waals surface area contributed by atoms with Crippen molar-refractivity contribution < 1.29 is 29.3 Å². The van der Waals surface area contributed by atoms with Gasteiger partial charge < -0.3 is 24.6 Å². The minimum atomic E-state index is -0.850. The number of hydrogen-bond acceptors (Lipinski definition) is 6. The van der Waals surface area contributed by atoms with Gasteiger partial charge in [-0.05, 0) is 49.3 Å². The Bertz CT molecular complexity index is 923. The summed E-state index contributed by atoms with van der Waals surface area (Å²) >= 11 is 0. The molecule has 2 aliphatic rings. The van der Waals surface area contributed by atoms with E-state index in [4.69, 9.17) is 9.47 Å². The van der Waals surface area contributed by atoms with Gasteiger partial charge in [0.25, 0.3) is 0 Å². The van der Waals surface area contributed by atoms with Crippen molar-refractivity contribution in [2.75, 3.05) is 39.6 Å². The molecule has 36 heavy (non-hydrogen) atoms. The quantitative estimate of drug-likeness (QED) is 0.395. The molecular formula is C28H42N2O6. The van der Waals surface area contributed by atoms with E-state index in [2.05, 4.69) is 31.7 Å². The second-order valence-electron chi connectivity index (χ2n) is 10.6. The minimum absolute atomic E-state index is 0.0128. The molecule has 0 saturated carbocycles. The van der Waals surface area contributed by atoms with Crippen LogP contribution in [-0.4, -0.2) is 77.5 Å². The highest BCUT2D eigenvalue weighted by Gasteiger charge is 2.48. The van der Waals surface area contributed by atoms with Crippen LogP contribution in [0, 0.1) is 11.3 Å². The first-order chi connectivity index (χ1) is 17.2. The second-order valence-corrected chi connectivity index (χ2v) is 10.6. The van der Waals surface area contributed by atoms with Gasteiger partial charge in [0, 0.05) is 38.2 Å². The van der Waals surface area contributed by atoms with Crippen molar-refractivity contribution in [1.82, 2.24) is 9.80 Å². The zero-order chi connectivity index (χ0) is 26.3. The molecule has 1 amide bonds. The Balaban J connectivity index is 1.91. The maximum absolute atomic E-state index is 13.4. The predicted octanol–water partition coefficient (Wildman–Crippen LogP) is 3.89. The topological polar surface area (TPSA) is 99.5 Å². The Morgan fingerprint density at radius 2 is 1.92 bits per heavy atom. The predicted molar refractivity (Wildman–Crippen MR) is 138 cm³/mol. The average Bonchev–Trinajstić information content (AvgIpc) is 3.43. The van der Waals surface area contributed by atoms with Gasteiger partial charge >= 0.3 is 5.97 Å². The van der Waals surface area contributed by atoms with Gasteiger partial charge in [-0.15, -0.1) is 0 Å². The van der Waals surface area contributed by atoms with Crippen molar-refractivity contribution in [3.05, 3.63) is 35.9 Å². The van der Waals surface area contributed by atoms with Crippen LogP contribution in [0.2, 0.25) is 0 Å². The molecule has 8 nitrogen and oxygen atoms in total. The Labute approximate surface area is 214 Å². The number of amides is 1. The van der Waals surface area contributed by atoms with E-state index < -0.39 is 11.9 Å². The van der Waals surface area contributed by atoms with Crippen molar-refractivity contribution in [3.8, 4) is 11.5 Å². The molecule has 0 aliphatic carbocycles. The van der Waals surface area contributed by atoms with Crippen LogP contribution in [0.25, 0.3) is 0 Å². The number of benzene rings is 1. The van der Waals surface area contributed by atoms with E-state index >= 15 is 0 Å². The van der Waals surface area contributed by atoms with Crippen LogP contribution in [0.5, 0.6) is 11.5 Å². The molecule has 0 bridgehead atoms. The molecule has 3 rings (SSSR count). The molecule has 1 saturated heterocycles. The average molecular weight is 503 g/mol. The van der Waals surface area contributed by atoms with E-state index in [0.29, 0.717) is 44.0 Å². The van der Waals surface area contributed by atoms with Crippen LogP contribution in [-0.2, 0) is 9.59 Å². The SMILES string of the molecule is CC=CC(C)(C)C[C@H]1C(C(=O)O)[C@@H](c2ccc3c(c2)OCO3)CN1CC(=O)N(CCCC)CCCO. The molecule has 3 atom stereocenters. The lowest BCUT2D eigenvalue weighted by Crippen LogP contribution is -2.46. The van der Waals surface area contributed by atoms with E-state index in [1.54, 1.807) is 0 Å². The molecule has 2 heterocycles. The van der Waals surface area contributed by atoms with Gasteiger partial charge in [-0.2, -0.15) is 0 Å². The highest BCUT2D eigenvalue weighted by Crippen LogP contribution is 2.45. The third kappa shape index (κ3) is 6.79. The lowest BCUT2D eigenvalue weighted by Gasteiger charge is -2.34. The number of nitrogens with zero attached hydrogens (tertiary/aromatic N) is 2. The van der Waals surface area contributed by atoms with Crippen molar-refractivity contribution in [2.45, 2.75) is 65.3 Å². The summed E-state index contributed by atoms with van der Waals surface area (Å²) in [6.45, 7) is 10.2. The summed E-state index contributed by atoms with van der Waals surface area (Å²) in [4.78, 5) is 30.0. The summed E-state index contributed by atoms with van der Waals surface area (Å²) < 4.78 is 11.0. The normalized spacial score (nSPS) is 21.9. The lowest BCUT2D eigenvalue weighted by atomic mass is 9.77. The van der Waals surface area contributed by atoms with E-state index in [9.17, 15) is 19.8 Å². The summed E-state index contributed by atoms with van der Waals surface area (Å²) in [6, 6.07) is 5.34. The number of carbonyl (C=O) groups is 2. The number of aliphatic hydroxyl groups is 1. The van der Waals surface area contributed by atoms with E-state index in [-0.39, 0.29) is 43.2 Å². The molecule has 0 spiro atoms. The first-order valence-electron chi connectivity index (χ1n) is 13.1. The number of hydrogen-bond donors (Lipinski definition) is 2. The molecule has 2 aliphatic heterocycles. The summed E-state index contributed by atoms with van der Waals surface area (Å²) in [5.41, 5.74) is 0.662. The number of aliphatic hydroxyl groups excluding tert-OH is 1. The Morgan fingerprint density at radius 1 is 1.19 bits per heavy atom. The number of ether oxygens (including phenoxy) is 2. The smallest absolute Gasteiger partial charge is 0.308 e. The van der Waals surface area contributed by atoms with Crippen molar-refractivity contribution in [2.24, 2.45) is 11.3 Å². The van der Waals surface area contributed by atoms with Gasteiger partial charge in [-0.1, -0.05) is 45.4 Å². The van der Waals surface area contributed by atoms with Gasteiger partial charge in [0.1, 0.15) is 0 Å². The number of allylic oxidation sites excluding steroid dienone is 2. The van der Waals surface area contributed by atoms with Gasteiger partial charge in [0.2, 0.25) is 12.7 Å². The summed E-state index contributed by atoms with van der Waals surface area (Å²) in [5.74, 6) is -0.510. The molecule has 200 valence electrons. The standard InChI is InChI=1S/C28H42N2O6/c1-5-7-12-29(13-8-14-31)25(32)18-30-17-21(20-9-10-23-24(15-20)36-19-35-23)26(27(33)34)22(30)16-28(3,4)11-6-2/h6,9-11,15,21-22,26,31H,5,7-8,12-14,16-19H2,1-4H3,(H,33,34)/t21-,22+,26?/m1/s1. The fraction of sp³-hybridized carbons (Fsp3) is 0.643. The molecule has 0 radical (unpaired) electrons.